The van der Waals surface area contributed by atoms with Gasteiger partial charge in [-0.3, -0.25) is 0 Å². The van der Waals surface area contributed by atoms with Crippen LogP contribution in [0.15, 0.2) is 67.3 Å². The van der Waals surface area contributed by atoms with Crippen LogP contribution in [0.4, 0.5) is 4.39 Å². The van der Waals surface area contributed by atoms with E-state index in [2.05, 4.69) is 54.6 Å². The van der Waals surface area contributed by atoms with E-state index in [-0.39, 0.29) is 11.2 Å². The van der Waals surface area contributed by atoms with E-state index in [4.69, 9.17) is 4.74 Å². The molecule has 0 spiro atoms. The van der Waals surface area contributed by atoms with Crippen molar-refractivity contribution in [1.29, 1.82) is 0 Å². The summed E-state index contributed by atoms with van der Waals surface area (Å²) in [7, 11) is 0. The molecule has 0 bridgehead atoms. The Kier molecular flexibility index (Phi) is 7.51. The number of ether oxygens (including phenoxy) is 1. The molecule has 5 heteroatoms. The van der Waals surface area contributed by atoms with Crippen molar-refractivity contribution in [3.63, 3.8) is 0 Å². The van der Waals surface area contributed by atoms with Crippen LogP contribution in [0.2, 0.25) is 0 Å². The Labute approximate surface area is 177 Å². The molecule has 0 aliphatic rings. The summed E-state index contributed by atoms with van der Waals surface area (Å²) in [5.74, 6) is 0.712. The van der Waals surface area contributed by atoms with Gasteiger partial charge in [0.2, 0.25) is 0 Å². The SMILES string of the molecule is CC(C)(C)c1ccc(CSC(COCc2ccc(F)cc2)Cn2ccnc2)cc1. The highest BCUT2D eigenvalue weighted by molar-refractivity contribution is 7.99. The molecule has 1 unspecified atom stereocenters. The molecule has 1 aromatic heterocycles. The van der Waals surface area contributed by atoms with Crippen molar-refractivity contribution in [1.82, 2.24) is 9.55 Å². The summed E-state index contributed by atoms with van der Waals surface area (Å²) in [6, 6.07) is 15.4. The third-order valence-electron chi connectivity index (χ3n) is 4.77. The highest BCUT2D eigenvalue weighted by atomic mass is 32.2. The van der Waals surface area contributed by atoms with Gasteiger partial charge in [-0.05, 0) is 34.2 Å². The number of hydrogen-bond acceptors (Lipinski definition) is 3. The molecule has 3 nitrogen and oxygen atoms in total. The lowest BCUT2D eigenvalue weighted by molar-refractivity contribution is 0.119. The minimum atomic E-state index is -0.222. The zero-order chi connectivity index (χ0) is 20.7. The minimum Gasteiger partial charge on any atom is -0.376 e. The van der Waals surface area contributed by atoms with Crippen LogP contribution in [-0.2, 0) is 29.1 Å². The maximum atomic E-state index is 13.0. The van der Waals surface area contributed by atoms with E-state index >= 15 is 0 Å². The van der Waals surface area contributed by atoms with Gasteiger partial charge in [-0.1, -0.05) is 57.2 Å². The van der Waals surface area contributed by atoms with E-state index in [0.29, 0.717) is 18.5 Å². The predicted molar refractivity (Wildman–Crippen MR) is 119 cm³/mol. The smallest absolute Gasteiger partial charge is 0.123 e. The molecule has 0 saturated carbocycles. The fraction of sp³-hybridized carbons (Fsp3) is 0.375. The Bertz CT molecular complexity index is 855. The van der Waals surface area contributed by atoms with Crippen molar-refractivity contribution >= 4 is 11.8 Å². The van der Waals surface area contributed by atoms with Crippen LogP contribution in [-0.4, -0.2) is 21.4 Å². The van der Waals surface area contributed by atoms with E-state index in [0.717, 1.165) is 17.9 Å². The van der Waals surface area contributed by atoms with Gasteiger partial charge < -0.3 is 9.30 Å². The number of thioether (sulfide) groups is 1. The molecule has 0 fully saturated rings. The summed E-state index contributed by atoms with van der Waals surface area (Å²) in [5.41, 5.74) is 3.82. The van der Waals surface area contributed by atoms with Gasteiger partial charge in [0, 0.05) is 29.9 Å². The monoisotopic (exact) mass is 412 g/mol. The van der Waals surface area contributed by atoms with Gasteiger partial charge in [0.1, 0.15) is 5.82 Å². The first-order valence-electron chi connectivity index (χ1n) is 9.89. The van der Waals surface area contributed by atoms with Crippen molar-refractivity contribution in [2.45, 2.75) is 50.3 Å². The molecule has 154 valence electrons. The maximum absolute atomic E-state index is 13.0. The highest BCUT2D eigenvalue weighted by Gasteiger charge is 2.14. The van der Waals surface area contributed by atoms with Gasteiger partial charge in [-0.15, -0.1) is 11.8 Å². The molecule has 1 atom stereocenters. The molecule has 0 saturated heterocycles. The summed E-state index contributed by atoms with van der Waals surface area (Å²) in [6.07, 6.45) is 5.61. The Morgan fingerprint density at radius 3 is 2.34 bits per heavy atom. The van der Waals surface area contributed by atoms with Crippen LogP contribution in [0.25, 0.3) is 0 Å². The fourth-order valence-corrected chi connectivity index (χ4v) is 4.08. The fourth-order valence-electron chi connectivity index (χ4n) is 2.99. The van der Waals surface area contributed by atoms with Gasteiger partial charge in [0.05, 0.1) is 19.5 Å². The molecule has 3 aromatic rings. The number of rotatable bonds is 9. The molecule has 29 heavy (non-hydrogen) atoms. The number of hydrogen-bond donors (Lipinski definition) is 0. The van der Waals surface area contributed by atoms with Crippen molar-refractivity contribution in [2.24, 2.45) is 0 Å². The number of aromatic nitrogens is 2. The largest absolute Gasteiger partial charge is 0.376 e. The normalized spacial score (nSPS) is 12.8. The lowest BCUT2D eigenvalue weighted by Crippen LogP contribution is -2.19. The Morgan fingerprint density at radius 2 is 1.72 bits per heavy atom. The van der Waals surface area contributed by atoms with E-state index in [1.807, 2.05) is 24.3 Å². The number of imidazole rings is 1. The van der Waals surface area contributed by atoms with Crippen molar-refractivity contribution in [2.75, 3.05) is 6.61 Å². The molecule has 0 aliphatic heterocycles. The molecular weight excluding hydrogens is 383 g/mol. The molecule has 1 heterocycles. The van der Waals surface area contributed by atoms with Crippen LogP contribution in [0.1, 0.15) is 37.5 Å². The summed E-state index contributed by atoms with van der Waals surface area (Å²) in [5, 5.41) is 0.298. The van der Waals surface area contributed by atoms with Gasteiger partial charge in [0.25, 0.3) is 0 Å². The second-order valence-corrected chi connectivity index (χ2v) is 9.57. The molecule has 3 rings (SSSR count). The average molecular weight is 413 g/mol. The standard InChI is InChI=1S/C24H29FN2OS/c1-24(2,3)21-8-4-20(5-9-21)17-29-23(14-27-13-12-26-18-27)16-28-15-19-6-10-22(25)11-7-19/h4-13,18,23H,14-17H2,1-3H3. The van der Waals surface area contributed by atoms with Crippen molar-refractivity contribution in [3.8, 4) is 0 Å². The summed E-state index contributed by atoms with van der Waals surface area (Å²) >= 11 is 1.89. The van der Waals surface area contributed by atoms with Crippen molar-refractivity contribution < 1.29 is 9.13 Å². The van der Waals surface area contributed by atoms with Crippen LogP contribution in [0.3, 0.4) is 0 Å². The average Bonchev–Trinajstić information content (AvgIpc) is 3.20. The lowest BCUT2D eigenvalue weighted by atomic mass is 9.87. The van der Waals surface area contributed by atoms with Gasteiger partial charge in [-0.25, -0.2) is 9.37 Å². The first-order valence-corrected chi connectivity index (χ1v) is 10.9. The Balaban J connectivity index is 1.55. The zero-order valence-corrected chi connectivity index (χ0v) is 18.2. The third-order valence-corrected chi connectivity index (χ3v) is 6.02. The lowest BCUT2D eigenvalue weighted by Gasteiger charge is -2.20. The molecule has 0 amide bonds. The van der Waals surface area contributed by atoms with Crippen molar-refractivity contribution in [3.05, 3.63) is 89.8 Å². The first-order chi connectivity index (χ1) is 13.9. The Morgan fingerprint density at radius 1 is 1.03 bits per heavy atom. The van der Waals surface area contributed by atoms with Crippen LogP contribution >= 0.6 is 11.8 Å². The third kappa shape index (κ3) is 7.02. The van der Waals surface area contributed by atoms with Crippen LogP contribution < -0.4 is 0 Å². The van der Waals surface area contributed by atoms with Gasteiger partial charge in [-0.2, -0.15) is 0 Å². The molecular formula is C24H29FN2OS. The number of halogens is 1. The van der Waals surface area contributed by atoms with Crippen LogP contribution in [0, 0.1) is 5.82 Å². The van der Waals surface area contributed by atoms with E-state index in [1.54, 1.807) is 18.3 Å². The van der Waals surface area contributed by atoms with E-state index < -0.39 is 0 Å². The molecule has 0 aliphatic carbocycles. The Hall–Kier alpha value is -2.11. The second-order valence-electron chi connectivity index (χ2n) is 8.28. The van der Waals surface area contributed by atoms with Crippen LogP contribution in [0.5, 0.6) is 0 Å². The maximum Gasteiger partial charge on any atom is 0.123 e. The molecule has 2 aromatic carbocycles. The highest BCUT2D eigenvalue weighted by Crippen LogP contribution is 2.25. The molecule has 0 N–H and O–H groups in total. The zero-order valence-electron chi connectivity index (χ0n) is 17.3. The topological polar surface area (TPSA) is 27.1 Å². The second kappa shape index (κ2) is 10.1. The van der Waals surface area contributed by atoms with E-state index in [9.17, 15) is 4.39 Å². The number of benzene rings is 2. The van der Waals surface area contributed by atoms with Gasteiger partial charge >= 0.3 is 0 Å². The summed E-state index contributed by atoms with van der Waals surface area (Å²) in [6.45, 7) is 8.65. The first kappa shape index (κ1) is 21.6. The quantitative estimate of drug-likeness (QED) is 0.442. The van der Waals surface area contributed by atoms with Gasteiger partial charge in [0.15, 0.2) is 0 Å². The number of nitrogens with zero attached hydrogens (tertiary/aromatic N) is 2. The summed E-state index contributed by atoms with van der Waals surface area (Å²) < 4.78 is 21.1. The minimum absolute atomic E-state index is 0.170. The van der Waals surface area contributed by atoms with E-state index in [1.165, 1.54) is 23.3 Å². The predicted octanol–water partition coefficient (Wildman–Crippen LogP) is 5.84. The summed E-state index contributed by atoms with van der Waals surface area (Å²) in [4.78, 5) is 4.14. The molecule has 0 radical (unpaired) electrons.